The van der Waals surface area contributed by atoms with Gasteiger partial charge in [-0.2, -0.15) is 0 Å². The Labute approximate surface area is 171 Å². The lowest BCUT2D eigenvalue weighted by Crippen LogP contribution is -2.31. The van der Waals surface area contributed by atoms with Crippen molar-refractivity contribution < 1.29 is 28.7 Å². The highest BCUT2D eigenvalue weighted by atomic mass is 16.5. The molecule has 8 nitrogen and oxygen atoms in total. The molecule has 0 atom stereocenters. The first-order chi connectivity index (χ1) is 13.8. The molecule has 1 aromatic rings. The number of ketones is 2. The Morgan fingerprint density at radius 1 is 0.793 bits per heavy atom. The summed E-state index contributed by atoms with van der Waals surface area (Å²) in [4.78, 5) is 46.6. The van der Waals surface area contributed by atoms with Crippen molar-refractivity contribution in [2.24, 2.45) is 0 Å². The van der Waals surface area contributed by atoms with Crippen molar-refractivity contribution in [1.82, 2.24) is 10.6 Å². The average molecular weight is 406 g/mol. The van der Waals surface area contributed by atoms with Crippen LogP contribution in [0.15, 0.2) is 18.2 Å². The zero-order valence-corrected chi connectivity index (χ0v) is 17.3. The Kier molecular flexibility index (Phi) is 11.3. The third kappa shape index (κ3) is 10.4. The molecule has 2 amide bonds. The SMILES string of the molecule is CCCOCCNC(=O)CCC(=O)NCCOc1cc(C(C)=O)cc(C(C)=O)c1. The normalized spacial score (nSPS) is 10.3. The summed E-state index contributed by atoms with van der Waals surface area (Å²) >= 11 is 0. The quantitative estimate of drug-likeness (QED) is 0.361. The molecule has 0 saturated carbocycles. The van der Waals surface area contributed by atoms with E-state index in [1.54, 1.807) is 12.1 Å². The number of rotatable bonds is 14. The summed E-state index contributed by atoms with van der Waals surface area (Å²) < 4.78 is 10.8. The molecule has 0 fully saturated rings. The van der Waals surface area contributed by atoms with E-state index in [4.69, 9.17) is 9.47 Å². The standard InChI is InChI=1S/C21H30N2O6/c1-4-9-28-10-7-22-20(26)5-6-21(27)23-8-11-29-19-13-17(15(2)24)12-18(14-19)16(3)25/h12-14H,4-11H2,1-3H3,(H,22,26)(H,23,27). The zero-order chi connectivity index (χ0) is 21.6. The van der Waals surface area contributed by atoms with Crippen LogP contribution in [-0.2, 0) is 14.3 Å². The Balaban J connectivity index is 2.29. The Morgan fingerprint density at radius 2 is 1.31 bits per heavy atom. The van der Waals surface area contributed by atoms with E-state index in [2.05, 4.69) is 10.6 Å². The highest BCUT2D eigenvalue weighted by Gasteiger charge is 2.09. The summed E-state index contributed by atoms with van der Waals surface area (Å²) in [5.74, 6) is -0.396. The number of carbonyl (C=O) groups excluding carboxylic acids is 4. The number of amides is 2. The molecule has 2 N–H and O–H groups in total. The number of benzene rings is 1. The summed E-state index contributed by atoms with van der Waals surface area (Å²) in [5, 5.41) is 5.36. The van der Waals surface area contributed by atoms with Crippen molar-refractivity contribution in [3.05, 3.63) is 29.3 Å². The van der Waals surface area contributed by atoms with Gasteiger partial charge in [-0.3, -0.25) is 19.2 Å². The summed E-state index contributed by atoms with van der Waals surface area (Å²) in [6.45, 7) is 6.80. The second kappa shape index (κ2) is 13.4. The van der Waals surface area contributed by atoms with Crippen LogP contribution in [0.4, 0.5) is 0 Å². The van der Waals surface area contributed by atoms with Gasteiger partial charge < -0.3 is 20.1 Å². The van der Waals surface area contributed by atoms with Gasteiger partial charge in [0, 0.05) is 37.1 Å². The molecular formula is C21H30N2O6. The lowest BCUT2D eigenvalue weighted by atomic mass is 10.1. The van der Waals surface area contributed by atoms with Crippen LogP contribution >= 0.6 is 0 Å². The maximum Gasteiger partial charge on any atom is 0.220 e. The van der Waals surface area contributed by atoms with Gasteiger partial charge in [-0.05, 0) is 38.5 Å². The third-order valence-electron chi connectivity index (χ3n) is 3.91. The molecule has 0 heterocycles. The van der Waals surface area contributed by atoms with Gasteiger partial charge in [0.05, 0.1) is 13.2 Å². The van der Waals surface area contributed by atoms with Crippen molar-refractivity contribution in [3.63, 3.8) is 0 Å². The first-order valence-electron chi connectivity index (χ1n) is 9.74. The van der Waals surface area contributed by atoms with Gasteiger partial charge in [-0.1, -0.05) is 6.92 Å². The van der Waals surface area contributed by atoms with Crippen LogP contribution in [0.25, 0.3) is 0 Å². The summed E-state index contributed by atoms with van der Waals surface area (Å²) in [6, 6.07) is 4.65. The first kappa shape index (κ1) is 24.3. The Bertz CT molecular complexity index is 685. The molecule has 0 aromatic heterocycles. The Morgan fingerprint density at radius 3 is 1.79 bits per heavy atom. The second-order valence-electron chi connectivity index (χ2n) is 6.52. The van der Waals surface area contributed by atoms with Gasteiger partial charge in [0.25, 0.3) is 0 Å². The highest BCUT2D eigenvalue weighted by Crippen LogP contribution is 2.18. The lowest BCUT2D eigenvalue weighted by Gasteiger charge is -2.10. The van der Waals surface area contributed by atoms with Crippen molar-refractivity contribution in [1.29, 1.82) is 0 Å². The number of hydrogen-bond donors (Lipinski definition) is 2. The van der Waals surface area contributed by atoms with Gasteiger partial charge in [-0.15, -0.1) is 0 Å². The largest absolute Gasteiger partial charge is 0.492 e. The summed E-state index contributed by atoms with van der Waals surface area (Å²) in [6.07, 6.45) is 1.11. The molecule has 0 unspecified atom stereocenters. The summed E-state index contributed by atoms with van der Waals surface area (Å²) in [5.41, 5.74) is 0.783. The third-order valence-corrected chi connectivity index (χ3v) is 3.91. The number of nitrogens with one attached hydrogen (secondary N) is 2. The minimum Gasteiger partial charge on any atom is -0.492 e. The van der Waals surface area contributed by atoms with Gasteiger partial charge in [0.1, 0.15) is 12.4 Å². The smallest absolute Gasteiger partial charge is 0.220 e. The molecule has 0 radical (unpaired) electrons. The van der Waals surface area contributed by atoms with Gasteiger partial charge in [0.2, 0.25) is 11.8 Å². The predicted molar refractivity (Wildman–Crippen MR) is 108 cm³/mol. The van der Waals surface area contributed by atoms with E-state index in [9.17, 15) is 19.2 Å². The van der Waals surface area contributed by atoms with Crippen molar-refractivity contribution >= 4 is 23.4 Å². The molecule has 0 spiro atoms. The molecular weight excluding hydrogens is 376 g/mol. The molecule has 0 aliphatic carbocycles. The van der Waals surface area contributed by atoms with Crippen LogP contribution in [0.1, 0.15) is 60.7 Å². The topological polar surface area (TPSA) is 111 Å². The number of Topliss-reactive ketones (excluding diaryl/α,β-unsaturated/α-hetero) is 2. The van der Waals surface area contributed by atoms with Gasteiger partial charge in [0.15, 0.2) is 11.6 Å². The van der Waals surface area contributed by atoms with Crippen LogP contribution in [-0.4, -0.2) is 56.3 Å². The molecule has 1 aromatic carbocycles. The Hall–Kier alpha value is -2.74. The van der Waals surface area contributed by atoms with E-state index in [0.29, 0.717) is 36.6 Å². The minimum absolute atomic E-state index is 0.0793. The molecule has 1 rings (SSSR count). The molecule has 8 heteroatoms. The van der Waals surface area contributed by atoms with Crippen LogP contribution in [0.2, 0.25) is 0 Å². The first-order valence-corrected chi connectivity index (χ1v) is 9.74. The van der Waals surface area contributed by atoms with E-state index < -0.39 is 0 Å². The van der Waals surface area contributed by atoms with E-state index in [1.165, 1.54) is 19.9 Å². The minimum atomic E-state index is -0.257. The zero-order valence-electron chi connectivity index (χ0n) is 17.3. The van der Waals surface area contributed by atoms with Crippen LogP contribution in [0.5, 0.6) is 5.75 Å². The van der Waals surface area contributed by atoms with Crippen LogP contribution < -0.4 is 15.4 Å². The van der Waals surface area contributed by atoms with E-state index >= 15 is 0 Å². The summed E-state index contributed by atoms with van der Waals surface area (Å²) in [7, 11) is 0. The molecule has 0 aliphatic rings. The van der Waals surface area contributed by atoms with E-state index in [-0.39, 0.29) is 49.4 Å². The fraction of sp³-hybridized carbons (Fsp3) is 0.524. The van der Waals surface area contributed by atoms with Crippen molar-refractivity contribution in [3.8, 4) is 5.75 Å². The number of carbonyl (C=O) groups is 4. The molecule has 0 aliphatic heterocycles. The van der Waals surface area contributed by atoms with Crippen LogP contribution in [0.3, 0.4) is 0 Å². The molecule has 0 saturated heterocycles. The lowest BCUT2D eigenvalue weighted by molar-refractivity contribution is -0.126. The molecule has 160 valence electrons. The van der Waals surface area contributed by atoms with E-state index in [1.807, 2.05) is 6.92 Å². The van der Waals surface area contributed by atoms with Gasteiger partial charge >= 0.3 is 0 Å². The average Bonchev–Trinajstić information content (AvgIpc) is 2.69. The monoisotopic (exact) mass is 406 g/mol. The number of ether oxygens (including phenoxy) is 2. The van der Waals surface area contributed by atoms with Crippen molar-refractivity contribution in [2.75, 3.05) is 32.9 Å². The van der Waals surface area contributed by atoms with E-state index in [0.717, 1.165) is 6.42 Å². The highest BCUT2D eigenvalue weighted by molar-refractivity contribution is 6.00. The van der Waals surface area contributed by atoms with Gasteiger partial charge in [-0.25, -0.2) is 0 Å². The molecule has 29 heavy (non-hydrogen) atoms. The second-order valence-corrected chi connectivity index (χ2v) is 6.52. The van der Waals surface area contributed by atoms with Crippen molar-refractivity contribution in [2.45, 2.75) is 40.0 Å². The fourth-order valence-electron chi connectivity index (χ4n) is 2.36. The predicted octanol–water partition coefficient (Wildman–Crippen LogP) is 1.91. The maximum atomic E-state index is 11.8. The molecule has 0 bridgehead atoms. The number of hydrogen-bond acceptors (Lipinski definition) is 6. The maximum absolute atomic E-state index is 11.8. The fourth-order valence-corrected chi connectivity index (χ4v) is 2.36. The van der Waals surface area contributed by atoms with Crippen LogP contribution in [0, 0.1) is 0 Å².